The van der Waals surface area contributed by atoms with Gasteiger partial charge in [0.15, 0.2) is 5.82 Å². The third kappa shape index (κ3) is 5.54. The van der Waals surface area contributed by atoms with Crippen LogP contribution in [-0.4, -0.2) is 28.1 Å². The molecule has 1 aromatic carbocycles. The Kier molecular flexibility index (Phi) is 7.05. The molecule has 2 aliphatic rings. The van der Waals surface area contributed by atoms with Crippen LogP contribution in [0.4, 0.5) is 5.82 Å². The van der Waals surface area contributed by atoms with E-state index in [1.807, 2.05) is 6.07 Å². The first-order chi connectivity index (χ1) is 15.1. The fourth-order valence-corrected chi connectivity index (χ4v) is 4.86. The molecule has 1 aliphatic carbocycles. The van der Waals surface area contributed by atoms with E-state index >= 15 is 0 Å². The summed E-state index contributed by atoms with van der Waals surface area (Å²) in [6.07, 6.45) is 10.2. The Balaban J connectivity index is 1.54. The number of nitrogens with zero attached hydrogens (tertiary/aromatic N) is 2. The minimum Gasteiger partial charge on any atom is -0.355 e. The van der Waals surface area contributed by atoms with Gasteiger partial charge in [0.1, 0.15) is 0 Å². The lowest BCUT2D eigenvalue weighted by Gasteiger charge is -2.21. The van der Waals surface area contributed by atoms with Crippen molar-refractivity contribution in [2.45, 2.75) is 71.3 Å². The van der Waals surface area contributed by atoms with Crippen molar-refractivity contribution < 1.29 is 9.59 Å². The first-order valence-corrected chi connectivity index (χ1v) is 11.9. The van der Waals surface area contributed by atoms with Crippen LogP contribution in [0, 0.1) is 11.8 Å². The van der Waals surface area contributed by atoms with Gasteiger partial charge in [-0.25, -0.2) is 0 Å². The summed E-state index contributed by atoms with van der Waals surface area (Å²) in [4.78, 5) is 24.1. The maximum Gasteiger partial charge on any atom is 0.230 e. The van der Waals surface area contributed by atoms with E-state index in [0.29, 0.717) is 12.4 Å². The third-order valence-corrected chi connectivity index (χ3v) is 6.61. The number of aryl methyl sites for hydroxylation is 2. The zero-order valence-corrected chi connectivity index (χ0v) is 18.5. The van der Waals surface area contributed by atoms with Crippen LogP contribution in [0.5, 0.6) is 0 Å². The second-order valence-corrected chi connectivity index (χ2v) is 9.08. The first-order valence-electron chi connectivity index (χ1n) is 11.9. The molecule has 6 heteroatoms. The summed E-state index contributed by atoms with van der Waals surface area (Å²) < 4.78 is 2.06. The molecule has 0 unspecified atom stereocenters. The Morgan fingerprint density at radius 1 is 1.23 bits per heavy atom. The van der Waals surface area contributed by atoms with Crippen LogP contribution in [0.1, 0.15) is 63.9 Å². The predicted octanol–water partition coefficient (Wildman–Crippen LogP) is 4.55. The van der Waals surface area contributed by atoms with E-state index in [-0.39, 0.29) is 24.2 Å². The van der Waals surface area contributed by atoms with Crippen LogP contribution >= 0.6 is 0 Å². The molecular weight excluding hydrogens is 388 g/mol. The van der Waals surface area contributed by atoms with Gasteiger partial charge in [0.25, 0.3) is 0 Å². The molecule has 1 aromatic heterocycles. The van der Waals surface area contributed by atoms with Gasteiger partial charge in [-0.3, -0.25) is 14.3 Å². The van der Waals surface area contributed by atoms with Gasteiger partial charge in [-0.05, 0) is 30.4 Å². The maximum absolute atomic E-state index is 12.6. The highest BCUT2D eigenvalue weighted by Crippen LogP contribution is 2.29. The molecule has 1 aliphatic heterocycles. The highest BCUT2D eigenvalue weighted by Gasteiger charge is 2.28. The summed E-state index contributed by atoms with van der Waals surface area (Å²) in [5.74, 6) is 0.819. The van der Waals surface area contributed by atoms with E-state index in [1.165, 1.54) is 37.7 Å². The Hall–Kier alpha value is -2.63. The fraction of sp³-hybridized carbons (Fsp3) is 0.560. The molecule has 0 spiro atoms. The topological polar surface area (TPSA) is 76.0 Å². The number of hydrogen-bond acceptors (Lipinski definition) is 3. The van der Waals surface area contributed by atoms with Crippen LogP contribution < -0.4 is 10.6 Å². The van der Waals surface area contributed by atoms with Crippen molar-refractivity contribution in [2.24, 2.45) is 11.8 Å². The van der Waals surface area contributed by atoms with E-state index in [9.17, 15) is 9.59 Å². The van der Waals surface area contributed by atoms with Crippen LogP contribution in [0.15, 0.2) is 30.3 Å². The normalized spacial score (nSPS) is 19.4. The molecule has 0 bridgehead atoms. The SMILES string of the molecule is CCCc1cccc(-c2cc(NC(=O)[C@@H]3CNC(=O)C3)nn2CCC2CCCCC2)c1. The fourth-order valence-electron chi connectivity index (χ4n) is 4.86. The van der Waals surface area contributed by atoms with Crippen molar-refractivity contribution in [3.05, 3.63) is 35.9 Å². The van der Waals surface area contributed by atoms with E-state index < -0.39 is 0 Å². The quantitative estimate of drug-likeness (QED) is 0.655. The molecule has 0 radical (unpaired) electrons. The number of amides is 2. The van der Waals surface area contributed by atoms with Crippen LogP contribution in [-0.2, 0) is 22.6 Å². The van der Waals surface area contributed by atoms with Gasteiger partial charge in [-0.15, -0.1) is 0 Å². The standard InChI is InChI=1S/C25H34N4O2/c1-2-7-19-10-6-11-20(14-19)22-16-23(27-25(31)21-15-24(30)26-17-21)28-29(22)13-12-18-8-4-3-5-9-18/h6,10-11,14,16,18,21H,2-5,7-9,12-13,15,17H2,1H3,(H,26,30)(H,27,28,31)/t21-/m0/s1. The van der Waals surface area contributed by atoms with Crippen LogP contribution in [0.25, 0.3) is 11.3 Å². The molecule has 166 valence electrons. The van der Waals surface area contributed by atoms with Gasteiger partial charge >= 0.3 is 0 Å². The third-order valence-electron chi connectivity index (χ3n) is 6.61. The molecule has 2 heterocycles. The number of rotatable bonds is 8. The monoisotopic (exact) mass is 422 g/mol. The average molecular weight is 423 g/mol. The summed E-state index contributed by atoms with van der Waals surface area (Å²) in [7, 11) is 0. The van der Waals surface area contributed by atoms with Crippen molar-refractivity contribution in [2.75, 3.05) is 11.9 Å². The van der Waals surface area contributed by atoms with Gasteiger partial charge in [0, 0.05) is 31.1 Å². The Labute approximate surface area is 184 Å². The molecule has 31 heavy (non-hydrogen) atoms. The molecule has 6 nitrogen and oxygen atoms in total. The number of hydrogen-bond donors (Lipinski definition) is 2. The summed E-state index contributed by atoms with van der Waals surface area (Å²) in [5.41, 5.74) is 3.51. The van der Waals surface area contributed by atoms with Gasteiger partial charge < -0.3 is 10.6 Å². The zero-order valence-electron chi connectivity index (χ0n) is 18.5. The Morgan fingerprint density at radius 3 is 2.81 bits per heavy atom. The number of benzene rings is 1. The van der Waals surface area contributed by atoms with Gasteiger partial charge in [0.05, 0.1) is 11.6 Å². The summed E-state index contributed by atoms with van der Waals surface area (Å²) >= 11 is 0. The van der Waals surface area contributed by atoms with E-state index in [2.05, 4.69) is 46.5 Å². The maximum atomic E-state index is 12.6. The largest absolute Gasteiger partial charge is 0.355 e. The second kappa shape index (κ2) is 10.1. The number of aromatic nitrogens is 2. The first kappa shape index (κ1) is 21.6. The number of carbonyl (C=O) groups excluding carboxylic acids is 2. The van der Waals surface area contributed by atoms with Crippen LogP contribution in [0.3, 0.4) is 0 Å². The van der Waals surface area contributed by atoms with Crippen molar-refractivity contribution >= 4 is 17.6 Å². The Morgan fingerprint density at radius 2 is 2.06 bits per heavy atom. The molecule has 4 rings (SSSR count). The minimum atomic E-state index is -0.323. The lowest BCUT2D eigenvalue weighted by Crippen LogP contribution is -2.25. The van der Waals surface area contributed by atoms with Gasteiger partial charge in [-0.1, -0.05) is 63.6 Å². The van der Waals surface area contributed by atoms with Crippen LogP contribution in [0.2, 0.25) is 0 Å². The lowest BCUT2D eigenvalue weighted by molar-refractivity contribution is -0.123. The number of anilines is 1. The highest BCUT2D eigenvalue weighted by atomic mass is 16.2. The van der Waals surface area contributed by atoms with Gasteiger partial charge in [0.2, 0.25) is 11.8 Å². The van der Waals surface area contributed by atoms with Crippen molar-refractivity contribution in [1.29, 1.82) is 0 Å². The molecule has 2 amide bonds. The smallest absolute Gasteiger partial charge is 0.230 e. The molecule has 1 saturated heterocycles. The predicted molar refractivity (Wildman–Crippen MR) is 123 cm³/mol. The minimum absolute atomic E-state index is 0.0633. The Bertz CT molecular complexity index is 914. The summed E-state index contributed by atoms with van der Waals surface area (Å²) in [6.45, 7) is 3.45. The number of nitrogens with one attached hydrogen (secondary N) is 2. The van der Waals surface area contributed by atoms with Gasteiger partial charge in [-0.2, -0.15) is 5.10 Å². The molecule has 2 aromatic rings. The second-order valence-electron chi connectivity index (χ2n) is 9.08. The van der Waals surface area contributed by atoms with E-state index in [1.54, 1.807) is 0 Å². The number of carbonyl (C=O) groups is 2. The molecule has 2 N–H and O–H groups in total. The lowest BCUT2D eigenvalue weighted by atomic mass is 9.87. The highest BCUT2D eigenvalue weighted by molar-refractivity contribution is 5.96. The zero-order chi connectivity index (χ0) is 21.6. The van der Waals surface area contributed by atoms with E-state index in [0.717, 1.165) is 43.0 Å². The summed E-state index contributed by atoms with van der Waals surface area (Å²) in [6, 6.07) is 10.6. The van der Waals surface area contributed by atoms with Crippen molar-refractivity contribution in [3.63, 3.8) is 0 Å². The molecule has 2 fully saturated rings. The van der Waals surface area contributed by atoms with Crippen molar-refractivity contribution in [3.8, 4) is 11.3 Å². The molecule has 1 saturated carbocycles. The molecular formula is C25H34N4O2. The van der Waals surface area contributed by atoms with Crippen molar-refractivity contribution in [1.82, 2.24) is 15.1 Å². The summed E-state index contributed by atoms with van der Waals surface area (Å²) in [5, 5.41) is 10.4. The van der Waals surface area contributed by atoms with E-state index in [4.69, 9.17) is 5.10 Å². The average Bonchev–Trinajstić information content (AvgIpc) is 3.40. The molecule has 1 atom stereocenters.